The van der Waals surface area contributed by atoms with Gasteiger partial charge in [-0.15, -0.1) is 0 Å². The van der Waals surface area contributed by atoms with E-state index < -0.39 is 0 Å². The highest BCUT2D eigenvalue weighted by Gasteiger charge is 2.44. The number of benzene rings is 2. The summed E-state index contributed by atoms with van der Waals surface area (Å²) in [6.07, 6.45) is 1.88. The summed E-state index contributed by atoms with van der Waals surface area (Å²) in [5, 5.41) is 3.75. The molecule has 1 saturated carbocycles. The van der Waals surface area contributed by atoms with E-state index >= 15 is 0 Å². The fourth-order valence-corrected chi connectivity index (χ4v) is 2.94. The van der Waals surface area contributed by atoms with E-state index in [-0.39, 0.29) is 17.7 Å². The molecule has 2 unspecified atom stereocenters. The number of hydrogen-bond donors (Lipinski definition) is 1. The van der Waals surface area contributed by atoms with E-state index in [1.165, 1.54) is 5.56 Å². The van der Waals surface area contributed by atoms with Gasteiger partial charge >= 0.3 is 0 Å². The lowest BCUT2D eigenvalue weighted by atomic mass is 10.1. The molecule has 1 aliphatic rings. The van der Waals surface area contributed by atoms with Crippen LogP contribution in [0.15, 0.2) is 48.5 Å². The Balaban J connectivity index is 1.64. The number of carbonyl (C=O) groups excluding carboxylic acids is 1. The highest BCUT2D eigenvalue weighted by atomic mass is 35.5. The lowest BCUT2D eigenvalue weighted by Crippen LogP contribution is -2.14. The van der Waals surface area contributed by atoms with Crippen molar-refractivity contribution in [2.75, 3.05) is 5.32 Å². The number of amides is 1. The summed E-state index contributed by atoms with van der Waals surface area (Å²) in [6, 6.07) is 15.8. The van der Waals surface area contributed by atoms with Crippen LogP contribution in [0.5, 0.6) is 0 Å². The molecule has 1 aliphatic carbocycles. The van der Waals surface area contributed by atoms with Crippen LogP contribution in [0, 0.1) is 5.92 Å². The molecule has 3 heteroatoms. The highest BCUT2D eigenvalue weighted by molar-refractivity contribution is 6.31. The average molecular weight is 300 g/mol. The maximum Gasteiger partial charge on any atom is 0.228 e. The first-order valence-corrected chi connectivity index (χ1v) is 7.71. The van der Waals surface area contributed by atoms with E-state index in [0.717, 1.165) is 29.1 Å². The third kappa shape index (κ3) is 3.11. The van der Waals surface area contributed by atoms with Crippen molar-refractivity contribution in [3.63, 3.8) is 0 Å². The number of carbonyl (C=O) groups is 1. The number of rotatable bonds is 4. The molecule has 0 heterocycles. The van der Waals surface area contributed by atoms with Crippen LogP contribution in [0.2, 0.25) is 5.02 Å². The first-order chi connectivity index (χ1) is 10.2. The maximum atomic E-state index is 12.3. The summed E-state index contributed by atoms with van der Waals surface area (Å²) < 4.78 is 0. The predicted molar refractivity (Wildman–Crippen MR) is 86.7 cm³/mol. The van der Waals surface area contributed by atoms with Crippen molar-refractivity contribution in [3.8, 4) is 0 Å². The van der Waals surface area contributed by atoms with Crippen LogP contribution in [-0.4, -0.2) is 5.91 Å². The van der Waals surface area contributed by atoms with Gasteiger partial charge in [-0.05, 0) is 48.1 Å². The number of hydrogen-bond acceptors (Lipinski definition) is 1. The second kappa shape index (κ2) is 5.90. The first kappa shape index (κ1) is 14.2. The molecule has 1 N–H and O–H groups in total. The standard InChI is InChI=1S/C18H18ClNO/c1-2-12-7-9-13(10-8-12)20-18(21)16-11-15(16)14-5-3-4-6-17(14)19/h3-10,15-16H,2,11H2,1H3,(H,20,21). The zero-order valence-corrected chi connectivity index (χ0v) is 12.7. The van der Waals surface area contributed by atoms with Crippen molar-refractivity contribution in [2.45, 2.75) is 25.7 Å². The molecule has 2 aromatic carbocycles. The molecule has 3 rings (SSSR count). The van der Waals surface area contributed by atoms with Gasteiger partial charge in [0.2, 0.25) is 5.91 Å². The molecule has 21 heavy (non-hydrogen) atoms. The monoisotopic (exact) mass is 299 g/mol. The van der Waals surface area contributed by atoms with Gasteiger partial charge in [0.25, 0.3) is 0 Å². The van der Waals surface area contributed by atoms with Gasteiger partial charge in [-0.1, -0.05) is 48.9 Å². The minimum Gasteiger partial charge on any atom is -0.326 e. The summed E-state index contributed by atoms with van der Waals surface area (Å²) in [5.41, 5.74) is 3.22. The molecule has 0 spiro atoms. The zero-order valence-electron chi connectivity index (χ0n) is 12.0. The molecule has 1 fully saturated rings. The molecular formula is C18H18ClNO. The van der Waals surface area contributed by atoms with Crippen molar-refractivity contribution in [1.82, 2.24) is 0 Å². The van der Waals surface area contributed by atoms with Gasteiger partial charge in [-0.2, -0.15) is 0 Å². The number of halogens is 1. The van der Waals surface area contributed by atoms with Crippen LogP contribution >= 0.6 is 11.6 Å². The molecular weight excluding hydrogens is 282 g/mol. The van der Waals surface area contributed by atoms with E-state index in [4.69, 9.17) is 11.6 Å². The third-order valence-corrected chi connectivity index (χ3v) is 4.41. The summed E-state index contributed by atoms with van der Waals surface area (Å²) >= 11 is 6.19. The van der Waals surface area contributed by atoms with E-state index in [9.17, 15) is 4.79 Å². The predicted octanol–water partition coefficient (Wildman–Crippen LogP) is 4.64. The first-order valence-electron chi connectivity index (χ1n) is 7.33. The molecule has 1 amide bonds. The zero-order chi connectivity index (χ0) is 14.8. The molecule has 0 bridgehead atoms. The molecule has 0 radical (unpaired) electrons. The van der Waals surface area contributed by atoms with E-state index in [1.807, 2.05) is 48.5 Å². The second-order valence-corrected chi connectivity index (χ2v) is 5.92. The van der Waals surface area contributed by atoms with Crippen LogP contribution < -0.4 is 5.32 Å². The third-order valence-electron chi connectivity index (χ3n) is 4.06. The second-order valence-electron chi connectivity index (χ2n) is 5.51. The highest BCUT2D eigenvalue weighted by Crippen LogP contribution is 2.49. The van der Waals surface area contributed by atoms with Crippen molar-refractivity contribution in [3.05, 3.63) is 64.7 Å². The SMILES string of the molecule is CCc1ccc(NC(=O)C2CC2c2ccccc2Cl)cc1. The Morgan fingerprint density at radius 3 is 2.57 bits per heavy atom. The van der Waals surface area contributed by atoms with Gasteiger partial charge in [0.15, 0.2) is 0 Å². The van der Waals surface area contributed by atoms with Gasteiger partial charge < -0.3 is 5.32 Å². The Bertz CT molecular complexity index is 651. The van der Waals surface area contributed by atoms with E-state index in [2.05, 4.69) is 12.2 Å². The summed E-state index contributed by atoms with van der Waals surface area (Å²) in [6.45, 7) is 2.12. The van der Waals surface area contributed by atoms with Crippen LogP contribution in [0.25, 0.3) is 0 Å². The minimum atomic E-state index is 0.0377. The molecule has 2 aromatic rings. The fourth-order valence-electron chi connectivity index (χ4n) is 2.66. The topological polar surface area (TPSA) is 29.1 Å². The van der Waals surface area contributed by atoms with Crippen molar-refractivity contribution in [1.29, 1.82) is 0 Å². The van der Waals surface area contributed by atoms with Gasteiger partial charge in [-0.3, -0.25) is 4.79 Å². The molecule has 0 saturated heterocycles. The summed E-state index contributed by atoms with van der Waals surface area (Å²) in [5.74, 6) is 0.383. The lowest BCUT2D eigenvalue weighted by molar-refractivity contribution is -0.117. The molecule has 108 valence electrons. The van der Waals surface area contributed by atoms with E-state index in [0.29, 0.717) is 0 Å². The minimum absolute atomic E-state index is 0.0377. The Hall–Kier alpha value is -1.80. The molecule has 0 aliphatic heterocycles. The largest absolute Gasteiger partial charge is 0.326 e. The van der Waals surface area contributed by atoms with Crippen molar-refractivity contribution < 1.29 is 4.79 Å². The average Bonchev–Trinajstić information content (AvgIpc) is 3.29. The Morgan fingerprint density at radius 1 is 1.19 bits per heavy atom. The summed E-state index contributed by atoms with van der Waals surface area (Å²) in [4.78, 5) is 12.3. The fraction of sp³-hybridized carbons (Fsp3) is 0.278. The van der Waals surface area contributed by atoms with Crippen LogP contribution in [0.3, 0.4) is 0 Å². The number of aryl methyl sites for hydroxylation is 1. The van der Waals surface area contributed by atoms with Crippen LogP contribution in [0.1, 0.15) is 30.4 Å². The quantitative estimate of drug-likeness (QED) is 0.875. The lowest BCUT2D eigenvalue weighted by Gasteiger charge is -2.06. The van der Waals surface area contributed by atoms with Gasteiger partial charge in [0.1, 0.15) is 0 Å². The smallest absolute Gasteiger partial charge is 0.228 e. The number of anilines is 1. The van der Waals surface area contributed by atoms with Gasteiger partial charge in [0.05, 0.1) is 0 Å². The van der Waals surface area contributed by atoms with Crippen LogP contribution in [-0.2, 0) is 11.2 Å². The molecule has 2 nitrogen and oxygen atoms in total. The van der Waals surface area contributed by atoms with Crippen molar-refractivity contribution >= 4 is 23.2 Å². The number of nitrogens with one attached hydrogen (secondary N) is 1. The molecule has 0 aromatic heterocycles. The van der Waals surface area contributed by atoms with E-state index in [1.54, 1.807) is 0 Å². The summed E-state index contributed by atoms with van der Waals surface area (Å²) in [7, 11) is 0. The van der Waals surface area contributed by atoms with Crippen molar-refractivity contribution in [2.24, 2.45) is 5.92 Å². The molecule has 2 atom stereocenters. The Labute approximate surface area is 130 Å². The maximum absolute atomic E-state index is 12.3. The van der Waals surface area contributed by atoms with Gasteiger partial charge in [0, 0.05) is 16.6 Å². The van der Waals surface area contributed by atoms with Crippen LogP contribution in [0.4, 0.5) is 5.69 Å². The Kier molecular flexibility index (Phi) is 3.98. The normalized spacial score (nSPS) is 20.1. The Morgan fingerprint density at radius 2 is 1.90 bits per heavy atom. The van der Waals surface area contributed by atoms with Gasteiger partial charge in [-0.25, -0.2) is 0 Å².